The Kier molecular flexibility index (Phi) is 6.32. The highest BCUT2D eigenvalue weighted by Gasteiger charge is 2.61. The van der Waals surface area contributed by atoms with Crippen molar-refractivity contribution in [3.8, 4) is 0 Å². The SMILES string of the molecule is CO[C@H]1C=C2C[C@@H](O)CC[C@]2(C)[C@H]2CC[C@]3(C)[C@@H]([C@H](C)/C=C/CC(C)C)CC[C@H]3[C@H]12. The molecule has 3 saturated carbocycles. The first-order valence-electron chi connectivity index (χ1n) is 12.8. The number of aliphatic hydroxyl groups is 1. The molecule has 0 radical (unpaired) electrons. The van der Waals surface area contributed by atoms with Crippen LogP contribution in [0.3, 0.4) is 0 Å². The monoisotopic (exact) mass is 414 g/mol. The maximum Gasteiger partial charge on any atom is 0.0788 e. The molecule has 4 aliphatic rings. The van der Waals surface area contributed by atoms with Gasteiger partial charge < -0.3 is 9.84 Å². The van der Waals surface area contributed by atoms with Crippen molar-refractivity contribution in [1.82, 2.24) is 0 Å². The molecule has 0 aliphatic heterocycles. The van der Waals surface area contributed by atoms with Gasteiger partial charge >= 0.3 is 0 Å². The predicted molar refractivity (Wildman–Crippen MR) is 125 cm³/mol. The topological polar surface area (TPSA) is 29.5 Å². The number of ether oxygens (including phenoxy) is 1. The lowest BCUT2D eigenvalue weighted by atomic mass is 9.46. The largest absolute Gasteiger partial charge is 0.393 e. The molecule has 0 aromatic heterocycles. The molecular formula is C28H46O2. The zero-order chi connectivity index (χ0) is 21.7. The van der Waals surface area contributed by atoms with Crippen molar-refractivity contribution in [2.45, 2.75) is 98.2 Å². The summed E-state index contributed by atoms with van der Waals surface area (Å²) in [6, 6.07) is 0. The Hall–Kier alpha value is -0.600. The van der Waals surface area contributed by atoms with Crippen LogP contribution >= 0.6 is 0 Å². The number of rotatable bonds is 5. The fourth-order valence-electron chi connectivity index (χ4n) is 8.43. The molecule has 9 atom stereocenters. The molecular weight excluding hydrogens is 368 g/mol. The third-order valence-corrected chi connectivity index (χ3v) is 10.1. The van der Waals surface area contributed by atoms with Crippen LogP contribution in [-0.4, -0.2) is 24.4 Å². The first kappa shape index (κ1) is 22.6. The Bertz CT molecular complexity index is 678. The van der Waals surface area contributed by atoms with E-state index in [-0.39, 0.29) is 17.6 Å². The Morgan fingerprint density at radius 1 is 1.10 bits per heavy atom. The van der Waals surface area contributed by atoms with E-state index in [1.807, 2.05) is 7.11 Å². The molecule has 0 amide bonds. The van der Waals surface area contributed by atoms with E-state index < -0.39 is 0 Å². The Morgan fingerprint density at radius 3 is 2.57 bits per heavy atom. The number of hydrogen-bond donors (Lipinski definition) is 1. The van der Waals surface area contributed by atoms with Crippen LogP contribution in [0.15, 0.2) is 23.8 Å². The fraction of sp³-hybridized carbons (Fsp3) is 0.857. The minimum atomic E-state index is -0.151. The van der Waals surface area contributed by atoms with Gasteiger partial charge in [-0.3, -0.25) is 0 Å². The van der Waals surface area contributed by atoms with Crippen LogP contribution in [0.1, 0.15) is 86.0 Å². The van der Waals surface area contributed by atoms with Gasteiger partial charge in [0, 0.05) is 7.11 Å². The highest BCUT2D eigenvalue weighted by atomic mass is 16.5. The van der Waals surface area contributed by atoms with Crippen LogP contribution in [0, 0.1) is 46.3 Å². The van der Waals surface area contributed by atoms with Crippen molar-refractivity contribution in [2.24, 2.45) is 46.3 Å². The summed E-state index contributed by atoms with van der Waals surface area (Å²) in [6.07, 6.45) is 17.1. The van der Waals surface area contributed by atoms with Crippen LogP contribution in [0.25, 0.3) is 0 Å². The van der Waals surface area contributed by atoms with Crippen LogP contribution in [-0.2, 0) is 4.74 Å². The second-order valence-electron chi connectivity index (χ2n) is 12.1. The van der Waals surface area contributed by atoms with Gasteiger partial charge in [0.2, 0.25) is 0 Å². The van der Waals surface area contributed by atoms with Gasteiger partial charge in [0.05, 0.1) is 12.2 Å². The second-order valence-corrected chi connectivity index (χ2v) is 12.1. The first-order chi connectivity index (χ1) is 14.2. The van der Waals surface area contributed by atoms with Crippen LogP contribution in [0.5, 0.6) is 0 Å². The van der Waals surface area contributed by atoms with E-state index in [9.17, 15) is 5.11 Å². The molecule has 3 fully saturated rings. The average molecular weight is 415 g/mol. The molecule has 0 aromatic carbocycles. The number of aliphatic hydroxyl groups excluding tert-OH is 1. The summed E-state index contributed by atoms with van der Waals surface area (Å²) in [7, 11) is 1.91. The maximum atomic E-state index is 10.3. The molecule has 2 heteroatoms. The minimum absolute atomic E-state index is 0.151. The van der Waals surface area contributed by atoms with Crippen molar-refractivity contribution in [1.29, 1.82) is 0 Å². The van der Waals surface area contributed by atoms with Crippen molar-refractivity contribution in [2.75, 3.05) is 7.11 Å². The molecule has 0 saturated heterocycles. The molecule has 0 unspecified atom stereocenters. The minimum Gasteiger partial charge on any atom is -0.393 e. The van der Waals surface area contributed by atoms with Gasteiger partial charge in [0.15, 0.2) is 0 Å². The normalized spacial score (nSPS) is 47.0. The lowest BCUT2D eigenvalue weighted by Crippen LogP contribution is -2.55. The second kappa shape index (κ2) is 8.39. The summed E-state index contributed by atoms with van der Waals surface area (Å²) >= 11 is 0. The molecule has 30 heavy (non-hydrogen) atoms. The number of methoxy groups -OCH3 is 1. The molecule has 4 rings (SSSR count). The molecule has 4 aliphatic carbocycles. The lowest BCUT2D eigenvalue weighted by Gasteiger charge is -2.60. The van der Waals surface area contributed by atoms with Crippen LogP contribution < -0.4 is 0 Å². The molecule has 0 spiro atoms. The fourth-order valence-corrected chi connectivity index (χ4v) is 8.43. The van der Waals surface area contributed by atoms with Crippen molar-refractivity contribution in [3.63, 3.8) is 0 Å². The Labute approximate surface area is 185 Å². The number of hydrogen-bond acceptors (Lipinski definition) is 2. The van der Waals surface area contributed by atoms with Crippen molar-refractivity contribution in [3.05, 3.63) is 23.8 Å². The summed E-state index contributed by atoms with van der Waals surface area (Å²) in [5, 5.41) is 10.3. The highest BCUT2D eigenvalue weighted by molar-refractivity contribution is 5.28. The van der Waals surface area contributed by atoms with Gasteiger partial charge in [-0.25, -0.2) is 0 Å². The third-order valence-electron chi connectivity index (χ3n) is 10.1. The van der Waals surface area contributed by atoms with E-state index in [2.05, 4.69) is 52.8 Å². The molecule has 170 valence electrons. The van der Waals surface area contributed by atoms with Gasteiger partial charge in [0.1, 0.15) is 0 Å². The van der Waals surface area contributed by atoms with Gasteiger partial charge in [0.25, 0.3) is 0 Å². The van der Waals surface area contributed by atoms with Gasteiger partial charge in [-0.05, 0) is 97.7 Å². The van der Waals surface area contributed by atoms with E-state index in [4.69, 9.17) is 4.74 Å². The van der Waals surface area contributed by atoms with Gasteiger partial charge in [-0.15, -0.1) is 0 Å². The summed E-state index contributed by atoms with van der Waals surface area (Å²) < 4.78 is 6.16. The highest BCUT2D eigenvalue weighted by Crippen LogP contribution is 2.67. The summed E-state index contributed by atoms with van der Waals surface area (Å²) in [5.74, 6) is 4.36. The van der Waals surface area contributed by atoms with E-state index in [0.717, 1.165) is 42.9 Å². The first-order valence-corrected chi connectivity index (χ1v) is 12.8. The third kappa shape index (κ3) is 3.64. The predicted octanol–water partition coefficient (Wildman–Crippen LogP) is 6.79. The van der Waals surface area contributed by atoms with Gasteiger partial charge in [-0.1, -0.05) is 58.4 Å². The van der Waals surface area contributed by atoms with Gasteiger partial charge in [-0.2, -0.15) is 0 Å². The van der Waals surface area contributed by atoms with Crippen molar-refractivity contribution >= 4 is 0 Å². The van der Waals surface area contributed by atoms with E-state index in [1.54, 1.807) is 0 Å². The quantitative estimate of drug-likeness (QED) is 0.502. The zero-order valence-electron chi connectivity index (χ0n) is 20.4. The Balaban J connectivity index is 1.60. The number of allylic oxidation sites excluding steroid dienone is 2. The average Bonchev–Trinajstić information content (AvgIpc) is 3.05. The Morgan fingerprint density at radius 2 is 1.87 bits per heavy atom. The standard InChI is InChI=1S/C28H46O2/c1-18(2)8-7-9-19(3)22-10-11-23-26-24(13-15-28(22,23)5)27(4)14-12-21(29)16-20(27)17-25(26)30-6/h7,9,17-19,21-26,29H,8,10-16H2,1-6H3/b9-7+/t19-,21+,22-,23+,24+,25+,26+,27+,28-/m1/s1. The number of fused-ring (bicyclic) bond motifs is 5. The molecule has 0 aromatic rings. The smallest absolute Gasteiger partial charge is 0.0788 e. The summed E-state index contributed by atoms with van der Waals surface area (Å²) in [6.45, 7) is 12.2. The maximum absolute atomic E-state index is 10.3. The summed E-state index contributed by atoms with van der Waals surface area (Å²) in [5.41, 5.74) is 2.22. The molecule has 1 N–H and O–H groups in total. The van der Waals surface area contributed by atoms with Crippen molar-refractivity contribution < 1.29 is 9.84 Å². The zero-order valence-corrected chi connectivity index (χ0v) is 20.4. The molecule has 0 bridgehead atoms. The summed E-state index contributed by atoms with van der Waals surface area (Å²) in [4.78, 5) is 0. The van der Waals surface area contributed by atoms with Crippen LogP contribution in [0.4, 0.5) is 0 Å². The van der Waals surface area contributed by atoms with E-state index in [1.165, 1.54) is 37.7 Å². The van der Waals surface area contributed by atoms with E-state index in [0.29, 0.717) is 17.3 Å². The lowest BCUT2D eigenvalue weighted by molar-refractivity contribution is -0.104. The molecule has 2 nitrogen and oxygen atoms in total. The van der Waals surface area contributed by atoms with Crippen LogP contribution in [0.2, 0.25) is 0 Å². The molecule has 0 heterocycles. The van der Waals surface area contributed by atoms with E-state index >= 15 is 0 Å².